The van der Waals surface area contributed by atoms with Gasteiger partial charge in [-0.1, -0.05) is 25.0 Å². The largest absolute Gasteiger partial charge is 0.294 e. The number of nitrogens with zero attached hydrogens (tertiary/aromatic N) is 3. The minimum atomic E-state index is -3.34. The fourth-order valence-electron chi connectivity index (χ4n) is 3.71. The van der Waals surface area contributed by atoms with Gasteiger partial charge in [-0.25, -0.2) is 4.39 Å². The Morgan fingerprint density at radius 3 is 1.92 bits per heavy atom. The average Bonchev–Trinajstić information content (AvgIpc) is 2.92. The van der Waals surface area contributed by atoms with Gasteiger partial charge in [-0.05, 0) is 37.5 Å². The summed E-state index contributed by atoms with van der Waals surface area (Å²) in [7, 11) is -3.34. The molecule has 1 aromatic rings. The van der Waals surface area contributed by atoms with Crippen molar-refractivity contribution in [1.82, 2.24) is 13.5 Å². The minimum Gasteiger partial charge on any atom is -0.294 e. The van der Waals surface area contributed by atoms with E-state index < -0.39 is 10.2 Å². The van der Waals surface area contributed by atoms with Gasteiger partial charge < -0.3 is 0 Å². The number of hydrogen-bond donors (Lipinski definition) is 0. The molecule has 0 radical (unpaired) electrons. The molecule has 1 atom stereocenters. The Morgan fingerprint density at radius 1 is 0.840 bits per heavy atom. The van der Waals surface area contributed by atoms with Gasteiger partial charge in [0.05, 0.1) is 0 Å². The lowest BCUT2D eigenvalue weighted by Gasteiger charge is -2.39. The number of hydrogen-bond acceptors (Lipinski definition) is 3. The zero-order chi connectivity index (χ0) is 17.9. The van der Waals surface area contributed by atoms with Gasteiger partial charge in [0.25, 0.3) is 10.2 Å². The van der Waals surface area contributed by atoms with Gasteiger partial charge in [0.15, 0.2) is 0 Å². The SMILES string of the molecule is CC(c1ccc(F)cc1)N1CCN(S(=O)(=O)N2CCCCCC2)CC1. The van der Waals surface area contributed by atoms with Crippen LogP contribution >= 0.6 is 0 Å². The van der Waals surface area contributed by atoms with Crippen LogP contribution in [-0.4, -0.2) is 61.2 Å². The highest BCUT2D eigenvalue weighted by Gasteiger charge is 2.33. The van der Waals surface area contributed by atoms with Crippen molar-refractivity contribution in [3.05, 3.63) is 35.6 Å². The van der Waals surface area contributed by atoms with Crippen molar-refractivity contribution in [2.45, 2.75) is 38.6 Å². The zero-order valence-electron chi connectivity index (χ0n) is 14.9. The lowest BCUT2D eigenvalue weighted by atomic mass is 10.1. The molecular formula is C18H28FN3O2S. The van der Waals surface area contributed by atoms with Crippen LogP contribution < -0.4 is 0 Å². The van der Waals surface area contributed by atoms with Crippen molar-refractivity contribution in [2.75, 3.05) is 39.3 Å². The highest BCUT2D eigenvalue weighted by Crippen LogP contribution is 2.24. The van der Waals surface area contributed by atoms with Crippen LogP contribution in [0, 0.1) is 5.82 Å². The van der Waals surface area contributed by atoms with E-state index in [1.165, 1.54) is 12.1 Å². The van der Waals surface area contributed by atoms with E-state index in [4.69, 9.17) is 0 Å². The first kappa shape index (κ1) is 18.8. The summed E-state index contributed by atoms with van der Waals surface area (Å²) in [5.74, 6) is -0.232. The van der Waals surface area contributed by atoms with E-state index in [1.54, 1.807) is 20.7 Å². The molecule has 2 heterocycles. The average molecular weight is 370 g/mol. The standard InChI is InChI=1S/C18H28FN3O2S/c1-16(17-6-8-18(19)9-7-17)20-12-14-22(15-13-20)25(23,24)21-10-4-2-3-5-11-21/h6-9,16H,2-5,10-15H2,1H3. The highest BCUT2D eigenvalue weighted by molar-refractivity contribution is 7.86. The van der Waals surface area contributed by atoms with E-state index in [0.29, 0.717) is 39.3 Å². The Kier molecular flexibility index (Phi) is 6.09. The Morgan fingerprint density at radius 2 is 1.36 bits per heavy atom. The van der Waals surface area contributed by atoms with Crippen molar-refractivity contribution in [3.8, 4) is 0 Å². The molecule has 7 heteroatoms. The van der Waals surface area contributed by atoms with E-state index in [2.05, 4.69) is 11.8 Å². The summed E-state index contributed by atoms with van der Waals surface area (Å²) >= 11 is 0. The summed E-state index contributed by atoms with van der Waals surface area (Å²) in [6.07, 6.45) is 4.16. The summed E-state index contributed by atoms with van der Waals surface area (Å²) in [6.45, 7) is 5.82. The molecule has 2 fully saturated rings. The van der Waals surface area contributed by atoms with E-state index in [-0.39, 0.29) is 11.9 Å². The maximum Gasteiger partial charge on any atom is 0.282 e. The van der Waals surface area contributed by atoms with Crippen molar-refractivity contribution in [1.29, 1.82) is 0 Å². The van der Waals surface area contributed by atoms with Crippen LogP contribution in [0.15, 0.2) is 24.3 Å². The molecule has 2 saturated heterocycles. The quantitative estimate of drug-likeness (QED) is 0.819. The molecule has 5 nitrogen and oxygen atoms in total. The maximum atomic E-state index is 13.1. The lowest BCUT2D eigenvalue weighted by Crippen LogP contribution is -2.53. The molecule has 25 heavy (non-hydrogen) atoms. The molecule has 1 unspecified atom stereocenters. The van der Waals surface area contributed by atoms with E-state index in [1.807, 2.05) is 0 Å². The van der Waals surface area contributed by atoms with Gasteiger partial charge in [0.2, 0.25) is 0 Å². The second kappa shape index (κ2) is 8.12. The van der Waals surface area contributed by atoms with Gasteiger partial charge in [0.1, 0.15) is 5.82 Å². The second-order valence-corrected chi connectivity index (χ2v) is 8.91. The van der Waals surface area contributed by atoms with Crippen LogP contribution in [0.2, 0.25) is 0 Å². The molecule has 0 spiro atoms. The molecule has 1 aromatic carbocycles. The Bertz CT molecular complexity index is 649. The monoisotopic (exact) mass is 369 g/mol. The van der Waals surface area contributed by atoms with Gasteiger partial charge in [-0.2, -0.15) is 17.0 Å². The molecule has 2 aliphatic heterocycles. The molecule has 0 saturated carbocycles. The van der Waals surface area contributed by atoms with Crippen molar-refractivity contribution in [3.63, 3.8) is 0 Å². The van der Waals surface area contributed by atoms with Crippen LogP contribution in [0.5, 0.6) is 0 Å². The van der Waals surface area contributed by atoms with Gasteiger partial charge in [-0.15, -0.1) is 0 Å². The number of benzene rings is 1. The number of piperazine rings is 1. The first-order chi connectivity index (χ1) is 12.0. The summed E-state index contributed by atoms with van der Waals surface area (Å²) in [5, 5.41) is 0. The molecule has 140 valence electrons. The second-order valence-electron chi connectivity index (χ2n) is 6.98. The molecule has 0 bridgehead atoms. The predicted octanol–water partition coefficient (Wildman–Crippen LogP) is 2.63. The first-order valence-electron chi connectivity index (χ1n) is 9.23. The van der Waals surface area contributed by atoms with Crippen LogP contribution in [0.4, 0.5) is 4.39 Å². The smallest absolute Gasteiger partial charge is 0.282 e. The van der Waals surface area contributed by atoms with E-state index >= 15 is 0 Å². The number of halogens is 1. The predicted molar refractivity (Wildman–Crippen MR) is 96.9 cm³/mol. The maximum absolute atomic E-state index is 13.1. The summed E-state index contributed by atoms with van der Waals surface area (Å²) in [5.41, 5.74) is 1.06. The van der Waals surface area contributed by atoms with Gasteiger partial charge in [-0.3, -0.25) is 4.90 Å². The lowest BCUT2D eigenvalue weighted by molar-refractivity contribution is 0.141. The van der Waals surface area contributed by atoms with Crippen LogP contribution in [-0.2, 0) is 10.2 Å². The summed E-state index contributed by atoms with van der Waals surface area (Å²) in [4.78, 5) is 2.27. The van der Waals surface area contributed by atoms with Crippen molar-refractivity contribution in [2.24, 2.45) is 0 Å². The Balaban J connectivity index is 1.60. The van der Waals surface area contributed by atoms with E-state index in [9.17, 15) is 12.8 Å². The van der Waals surface area contributed by atoms with Gasteiger partial charge in [0, 0.05) is 45.3 Å². The third-order valence-electron chi connectivity index (χ3n) is 5.39. The summed E-state index contributed by atoms with van der Waals surface area (Å²) < 4.78 is 42.1. The van der Waals surface area contributed by atoms with Gasteiger partial charge >= 0.3 is 0 Å². The first-order valence-corrected chi connectivity index (χ1v) is 10.6. The summed E-state index contributed by atoms with van der Waals surface area (Å²) in [6, 6.07) is 6.72. The molecule has 3 rings (SSSR count). The molecule has 0 N–H and O–H groups in total. The van der Waals surface area contributed by atoms with Crippen molar-refractivity contribution >= 4 is 10.2 Å². The van der Waals surface area contributed by atoms with Crippen molar-refractivity contribution < 1.29 is 12.8 Å². The molecule has 0 aromatic heterocycles. The fraction of sp³-hybridized carbons (Fsp3) is 0.667. The third kappa shape index (κ3) is 4.39. The molecule has 2 aliphatic rings. The minimum absolute atomic E-state index is 0.156. The van der Waals surface area contributed by atoms with Crippen LogP contribution in [0.3, 0.4) is 0 Å². The topological polar surface area (TPSA) is 43.9 Å². The van der Waals surface area contributed by atoms with Crippen LogP contribution in [0.25, 0.3) is 0 Å². The fourth-order valence-corrected chi connectivity index (χ4v) is 5.38. The van der Waals surface area contributed by atoms with Crippen LogP contribution in [0.1, 0.15) is 44.2 Å². The Labute approximate surface area is 150 Å². The molecule has 0 amide bonds. The molecular weight excluding hydrogens is 341 g/mol. The third-order valence-corrected chi connectivity index (χ3v) is 7.43. The Hall–Kier alpha value is -1.02. The molecule has 0 aliphatic carbocycles. The zero-order valence-corrected chi connectivity index (χ0v) is 15.7. The van der Waals surface area contributed by atoms with E-state index in [0.717, 1.165) is 31.2 Å². The normalized spacial score (nSPS) is 23.3. The highest BCUT2D eigenvalue weighted by atomic mass is 32.2. The number of rotatable bonds is 4.